The normalized spacial score (nSPS) is 11.0. The molecule has 0 amide bonds. The molecule has 28 heavy (non-hydrogen) atoms. The van der Waals surface area contributed by atoms with Crippen LogP contribution in [-0.2, 0) is 5.75 Å². The average molecular weight is 448 g/mol. The molecule has 0 saturated carbocycles. The van der Waals surface area contributed by atoms with Crippen molar-refractivity contribution in [1.82, 2.24) is 19.7 Å². The summed E-state index contributed by atoms with van der Waals surface area (Å²) in [6, 6.07) is 16.9. The zero-order chi connectivity index (χ0) is 19.5. The van der Waals surface area contributed by atoms with Crippen molar-refractivity contribution in [2.45, 2.75) is 10.9 Å². The van der Waals surface area contributed by atoms with Crippen LogP contribution in [0.5, 0.6) is 0 Å². The summed E-state index contributed by atoms with van der Waals surface area (Å²) in [5.74, 6) is 1.37. The maximum Gasteiger partial charge on any atom is 0.196 e. The zero-order valence-electron chi connectivity index (χ0n) is 14.4. The standard InChI is InChI=1S/C20H13Cl3N4S/c21-15-3-5-17(6-4-15)27-19(13-7-9-24-10-8-13)25-26-20(27)28-12-14-1-2-16(22)11-18(14)23/h1-11H,12H2. The smallest absolute Gasteiger partial charge is 0.196 e. The number of halogens is 3. The number of thioether (sulfide) groups is 1. The number of hydrogen-bond acceptors (Lipinski definition) is 4. The third kappa shape index (κ3) is 4.18. The Morgan fingerprint density at radius 1 is 0.821 bits per heavy atom. The molecule has 0 bridgehead atoms. The van der Waals surface area contributed by atoms with Crippen molar-refractivity contribution in [1.29, 1.82) is 0 Å². The summed E-state index contributed by atoms with van der Waals surface area (Å²) in [6.45, 7) is 0. The molecule has 2 aromatic carbocycles. The van der Waals surface area contributed by atoms with Crippen molar-refractivity contribution in [3.8, 4) is 17.1 Å². The van der Waals surface area contributed by atoms with Gasteiger partial charge in [0.05, 0.1) is 0 Å². The van der Waals surface area contributed by atoms with Gasteiger partial charge in [-0.3, -0.25) is 9.55 Å². The molecule has 2 heterocycles. The molecular formula is C20H13Cl3N4S. The van der Waals surface area contributed by atoms with Gasteiger partial charge in [0, 0.05) is 44.5 Å². The number of nitrogens with zero attached hydrogens (tertiary/aromatic N) is 4. The van der Waals surface area contributed by atoms with Crippen LogP contribution in [0.25, 0.3) is 17.1 Å². The van der Waals surface area contributed by atoms with Gasteiger partial charge in [-0.2, -0.15) is 0 Å². The Bertz CT molecular complexity index is 1100. The van der Waals surface area contributed by atoms with E-state index in [9.17, 15) is 0 Å². The first-order valence-electron chi connectivity index (χ1n) is 8.30. The molecule has 0 fully saturated rings. The van der Waals surface area contributed by atoms with Crippen LogP contribution in [0.2, 0.25) is 15.1 Å². The Kier molecular flexibility index (Phi) is 5.87. The fourth-order valence-electron chi connectivity index (χ4n) is 2.66. The van der Waals surface area contributed by atoms with Crippen molar-refractivity contribution < 1.29 is 0 Å². The number of aromatic nitrogens is 4. The van der Waals surface area contributed by atoms with Gasteiger partial charge in [0.1, 0.15) is 0 Å². The van der Waals surface area contributed by atoms with Gasteiger partial charge in [-0.25, -0.2) is 0 Å². The van der Waals surface area contributed by atoms with Gasteiger partial charge in [0.25, 0.3) is 0 Å². The van der Waals surface area contributed by atoms with Gasteiger partial charge in [-0.15, -0.1) is 10.2 Å². The molecule has 0 saturated heterocycles. The lowest BCUT2D eigenvalue weighted by atomic mass is 10.2. The monoisotopic (exact) mass is 446 g/mol. The Morgan fingerprint density at radius 3 is 2.25 bits per heavy atom. The van der Waals surface area contributed by atoms with Crippen molar-refractivity contribution in [3.63, 3.8) is 0 Å². The molecule has 0 aliphatic carbocycles. The highest BCUT2D eigenvalue weighted by Gasteiger charge is 2.16. The van der Waals surface area contributed by atoms with Crippen LogP contribution in [0.4, 0.5) is 0 Å². The second kappa shape index (κ2) is 8.53. The Morgan fingerprint density at radius 2 is 1.54 bits per heavy atom. The molecule has 8 heteroatoms. The van der Waals surface area contributed by atoms with Crippen LogP contribution in [0, 0.1) is 0 Å². The van der Waals surface area contributed by atoms with Gasteiger partial charge >= 0.3 is 0 Å². The van der Waals surface area contributed by atoms with Gasteiger partial charge in [-0.1, -0.05) is 52.6 Å². The molecule has 0 radical (unpaired) electrons. The molecule has 4 rings (SSSR count). The molecule has 4 nitrogen and oxygen atoms in total. The second-order valence-electron chi connectivity index (χ2n) is 5.88. The number of benzene rings is 2. The Hall–Kier alpha value is -2.05. The molecule has 4 aromatic rings. The highest BCUT2D eigenvalue weighted by Crippen LogP contribution is 2.32. The van der Waals surface area contributed by atoms with Gasteiger partial charge in [-0.05, 0) is 54.1 Å². The van der Waals surface area contributed by atoms with Gasteiger partial charge < -0.3 is 0 Å². The zero-order valence-corrected chi connectivity index (χ0v) is 17.5. The maximum atomic E-state index is 6.31. The van der Waals surface area contributed by atoms with Gasteiger partial charge in [0.15, 0.2) is 11.0 Å². The summed E-state index contributed by atoms with van der Waals surface area (Å²) in [4.78, 5) is 4.08. The topological polar surface area (TPSA) is 43.6 Å². The third-order valence-electron chi connectivity index (χ3n) is 4.03. The number of rotatable bonds is 5. The minimum Gasteiger partial charge on any atom is -0.270 e. The highest BCUT2D eigenvalue weighted by molar-refractivity contribution is 7.98. The van der Waals surface area contributed by atoms with E-state index >= 15 is 0 Å². The summed E-state index contributed by atoms with van der Waals surface area (Å²) in [7, 11) is 0. The molecule has 0 aliphatic heterocycles. The fourth-order valence-corrected chi connectivity index (χ4v) is 4.29. The van der Waals surface area contributed by atoms with Crippen molar-refractivity contribution in [3.05, 3.63) is 87.6 Å². The summed E-state index contributed by atoms with van der Waals surface area (Å²) in [6.07, 6.45) is 3.47. The summed E-state index contributed by atoms with van der Waals surface area (Å²) in [5, 5.41) is 11.5. The predicted molar refractivity (Wildman–Crippen MR) is 116 cm³/mol. The average Bonchev–Trinajstić information content (AvgIpc) is 3.12. The lowest BCUT2D eigenvalue weighted by Crippen LogP contribution is -2.00. The number of pyridine rings is 1. The van der Waals surface area contributed by atoms with E-state index in [1.807, 2.05) is 53.1 Å². The van der Waals surface area contributed by atoms with E-state index in [-0.39, 0.29) is 0 Å². The highest BCUT2D eigenvalue weighted by atomic mass is 35.5. The Balaban J connectivity index is 1.72. The molecule has 140 valence electrons. The molecule has 0 atom stereocenters. The van der Waals surface area contributed by atoms with Crippen molar-refractivity contribution in [2.24, 2.45) is 0 Å². The molecule has 0 unspecified atom stereocenters. The van der Waals surface area contributed by atoms with E-state index < -0.39 is 0 Å². The first kappa shape index (κ1) is 19.3. The quantitative estimate of drug-likeness (QED) is 0.324. The molecular weight excluding hydrogens is 435 g/mol. The summed E-state index contributed by atoms with van der Waals surface area (Å²) >= 11 is 19.9. The molecule has 2 aromatic heterocycles. The largest absolute Gasteiger partial charge is 0.270 e. The lowest BCUT2D eigenvalue weighted by molar-refractivity contribution is 0.886. The van der Waals surface area contributed by atoms with Crippen LogP contribution in [0.15, 0.2) is 72.1 Å². The first-order valence-corrected chi connectivity index (χ1v) is 10.4. The van der Waals surface area contributed by atoms with E-state index in [0.717, 1.165) is 27.8 Å². The van der Waals surface area contributed by atoms with E-state index in [1.54, 1.807) is 30.2 Å². The molecule has 0 N–H and O–H groups in total. The van der Waals surface area contributed by atoms with E-state index in [1.165, 1.54) is 0 Å². The summed E-state index contributed by atoms with van der Waals surface area (Å²) in [5.41, 5.74) is 2.83. The van der Waals surface area contributed by atoms with Crippen LogP contribution < -0.4 is 0 Å². The third-order valence-corrected chi connectivity index (χ3v) is 5.85. The van der Waals surface area contributed by atoms with Crippen LogP contribution in [-0.4, -0.2) is 19.7 Å². The molecule has 0 aliphatic rings. The lowest BCUT2D eigenvalue weighted by Gasteiger charge is -2.11. The van der Waals surface area contributed by atoms with Crippen LogP contribution in [0.1, 0.15) is 5.56 Å². The van der Waals surface area contributed by atoms with Crippen LogP contribution >= 0.6 is 46.6 Å². The minimum atomic E-state index is 0.614. The predicted octanol–water partition coefficient (Wildman–Crippen LogP) is 6.58. The van der Waals surface area contributed by atoms with E-state index in [4.69, 9.17) is 34.8 Å². The van der Waals surface area contributed by atoms with Gasteiger partial charge in [0.2, 0.25) is 0 Å². The van der Waals surface area contributed by atoms with E-state index in [0.29, 0.717) is 20.8 Å². The van der Waals surface area contributed by atoms with Crippen molar-refractivity contribution in [2.75, 3.05) is 0 Å². The first-order chi connectivity index (χ1) is 13.6. The van der Waals surface area contributed by atoms with Crippen molar-refractivity contribution >= 4 is 46.6 Å². The molecule has 0 spiro atoms. The number of hydrogen-bond donors (Lipinski definition) is 0. The van der Waals surface area contributed by atoms with E-state index in [2.05, 4.69) is 15.2 Å². The SMILES string of the molecule is Clc1ccc(-n2c(SCc3ccc(Cl)cc3Cl)nnc2-c2ccncc2)cc1. The Labute approximate surface area is 181 Å². The van der Waals surface area contributed by atoms with Crippen LogP contribution in [0.3, 0.4) is 0 Å². The second-order valence-corrected chi connectivity index (χ2v) is 8.10. The summed E-state index contributed by atoms with van der Waals surface area (Å²) < 4.78 is 2.00. The minimum absolute atomic E-state index is 0.614. The fraction of sp³-hybridized carbons (Fsp3) is 0.0500. The maximum absolute atomic E-state index is 6.31.